The summed E-state index contributed by atoms with van der Waals surface area (Å²) in [6, 6.07) is 8.04. The molecular formula is C13H6F4NO3. The summed E-state index contributed by atoms with van der Waals surface area (Å²) in [5.41, 5.74) is -2.33. The van der Waals surface area contributed by atoms with Gasteiger partial charge in [0.15, 0.2) is 11.6 Å². The summed E-state index contributed by atoms with van der Waals surface area (Å²) in [5.74, 6) is -2.05. The van der Waals surface area contributed by atoms with Gasteiger partial charge in [0.2, 0.25) is 0 Å². The number of para-hydroxylation sites is 1. The maximum atomic E-state index is 13.4. The molecule has 0 heterocycles. The predicted octanol–water partition coefficient (Wildman–Crippen LogP) is 4.35. The first-order valence-corrected chi connectivity index (χ1v) is 5.49. The van der Waals surface area contributed by atoms with Gasteiger partial charge in [-0.25, -0.2) is 4.39 Å². The Morgan fingerprint density at radius 3 is 2.33 bits per heavy atom. The van der Waals surface area contributed by atoms with Crippen LogP contribution in [0.1, 0.15) is 5.56 Å². The molecule has 0 aliphatic carbocycles. The van der Waals surface area contributed by atoms with Crippen LogP contribution in [0.25, 0.3) is 0 Å². The third-order valence-electron chi connectivity index (χ3n) is 2.43. The summed E-state index contributed by atoms with van der Waals surface area (Å²) >= 11 is 0. The van der Waals surface area contributed by atoms with Crippen molar-refractivity contribution in [3.8, 4) is 11.5 Å². The van der Waals surface area contributed by atoms with Gasteiger partial charge >= 0.3 is 6.18 Å². The smallest absolute Gasteiger partial charge is 0.420 e. The normalized spacial score (nSPS) is 11.2. The van der Waals surface area contributed by atoms with Crippen molar-refractivity contribution in [2.24, 2.45) is 0 Å². The van der Waals surface area contributed by atoms with Crippen LogP contribution in [0.4, 0.5) is 23.2 Å². The van der Waals surface area contributed by atoms with Crippen LogP contribution >= 0.6 is 0 Å². The number of nitro groups is 1. The number of alkyl halides is 3. The third kappa shape index (κ3) is 3.28. The quantitative estimate of drug-likeness (QED) is 0.481. The molecule has 4 nitrogen and oxygen atoms in total. The second-order valence-electron chi connectivity index (χ2n) is 3.87. The molecule has 0 amide bonds. The molecule has 0 unspecified atom stereocenters. The molecule has 2 rings (SSSR count). The molecule has 21 heavy (non-hydrogen) atoms. The highest BCUT2D eigenvalue weighted by Gasteiger charge is 2.37. The molecule has 109 valence electrons. The number of ether oxygens (including phenoxy) is 1. The van der Waals surface area contributed by atoms with Gasteiger partial charge in [-0.15, -0.1) is 0 Å². The minimum absolute atomic E-state index is 0.426. The van der Waals surface area contributed by atoms with Crippen molar-refractivity contribution < 1.29 is 27.2 Å². The van der Waals surface area contributed by atoms with E-state index < -0.39 is 39.7 Å². The van der Waals surface area contributed by atoms with E-state index in [-0.39, 0.29) is 0 Å². The highest BCUT2D eigenvalue weighted by atomic mass is 19.4. The van der Waals surface area contributed by atoms with Gasteiger partial charge in [0.1, 0.15) is 11.3 Å². The fourth-order valence-corrected chi connectivity index (χ4v) is 1.52. The fourth-order valence-electron chi connectivity index (χ4n) is 1.52. The minimum atomic E-state index is -4.92. The standard InChI is InChI=1S/C13H6F4NO3/c14-10-3-1-2-4-12(10)21-11-6-5-8(18(19)20)7-9(11)13(15,16)17/h1-6H. The van der Waals surface area contributed by atoms with Gasteiger partial charge in [0, 0.05) is 6.07 Å². The molecule has 2 aromatic carbocycles. The lowest BCUT2D eigenvalue weighted by atomic mass is 10.1. The van der Waals surface area contributed by atoms with Crippen molar-refractivity contribution in [2.75, 3.05) is 0 Å². The first-order chi connectivity index (χ1) is 9.79. The average Bonchev–Trinajstić information content (AvgIpc) is 2.40. The first kappa shape index (κ1) is 14.8. The molecule has 0 saturated carbocycles. The van der Waals surface area contributed by atoms with Crippen molar-refractivity contribution >= 4 is 5.69 Å². The highest BCUT2D eigenvalue weighted by Crippen LogP contribution is 2.39. The van der Waals surface area contributed by atoms with Crippen molar-refractivity contribution in [2.45, 2.75) is 6.18 Å². The lowest BCUT2D eigenvalue weighted by Crippen LogP contribution is -2.08. The summed E-state index contributed by atoms with van der Waals surface area (Å²) in [6.45, 7) is 0. The van der Waals surface area contributed by atoms with E-state index >= 15 is 0 Å². The Kier molecular flexibility index (Phi) is 3.79. The number of nitrogens with zero attached hydrogens (tertiary/aromatic N) is 1. The second-order valence-corrected chi connectivity index (χ2v) is 3.87. The summed E-state index contributed by atoms with van der Waals surface area (Å²) in [7, 11) is 0. The molecule has 0 fully saturated rings. The van der Waals surface area contributed by atoms with Crippen LogP contribution in [-0.2, 0) is 6.18 Å². The largest absolute Gasteiger partial charge is 0.454 e. The minimum Gasteiger partial charge on any atom is -0.454 e. The van der Waals surface area contributed by atoms with E-state index in [1.165, 1.54) is 12.1 Å². The molecule has 1 radical (unpaired) electrons. The van der Waals surface area contributed by atoms with E-state index in [9.17, 15) is 27.7 Å². The number of nitro benzene ring substituents is 1. The van der Waals surface area contributed by atoms with Crippen LogP contribution in [0.3, 0.4) is 0 Å². The Morgan fingerprint density at radius 2 is 1.76 bits per heavy atom. The molecule has 0 aromatic heterocycles. The zero-order chi connectivity index (χ0) is 15.6. The predicted molar refractivity (Wildman–Crippen MR) is 63.4 cm³/mol. The number of hydrogen-bond acceptors (Lipinski definition) is 3. The molecule has 0 spiro atoms. The van der Waals surface area contributed by atoms with E-state index in [0.29, 0.717) is 0 Å². The molecular weight excluding hydrogens is 294 g/mol. The zero-order valence-corrected chi connectivity index (χ0v) is 10.1. The molecule has 0 bridgehead atoms. The van der Waals surface area contributed by atoms with Crippen LogP contribution in [-0.4, -0.2) is 4.92 Å². The van der Waals surface area contributed by atoms with Crippen LogP contribution in [0, 0.1) is 22.0 Å². The van der Waals surface area contributed by atoms with Gasteiger partial charge in [0.25, 0.3) is 5.69 Å². The topological polar surface area (TPSA) is 52.4 Å². The van der Waals surface area contributed by atoms with Crippen LogP contribution in [0.5, 0.6) is 11.5 Å². The first-order valence-electron chi connectivity index (χ1n) is 5.49. The van der Waals surface area contributed by atoms with Crippen LogP contribution in [0.15, 0.2) is 36.4 Å². The highest BCUT2D eigenvalue weighted by molar-refractivity contribution is 5.46. The van der Waals surface area contributed by atoms with Crippen molar-refractivity contribution in [3.63, 3.8) is 0 Å². The van der Waals surface area contributed by atoms with Gasteiger partial charge in [0.05, 0.1) is 11.0 Å². The number of non-ortho nitro benzene ring substituents is 1. The summed E-state index contributed by atoms with van der Waals surface area (Å²) < 4.78 is 56.8. The summed E-state index contributed by atoms with van der Waals surface area (Å²) in [6.07, 6.45) is -4.92. The molecule has 0 saturated heterocycles. The Labute approximate surface area is 115 Å². The van der Waals surface area contributed by atoms with E-state index in [2.05, 4.69) is 0 Å². The molecule has 8 heteroatoms. The molecule has 0 N–H and O–H groups in total. The van der Waals surface area contributed by atoms with Gasteiger partial charge in [-0.1, -0.05) is 12.1 Å². The van der Waals surface area contributed by atoms with Gasteiger partial charge in [-0.3, -0.25) is 10.1 Å². The van der Waals surface area contributed by atoms with Crippen molar-refractivity contribution in [1.29, 1.82) is 0 Å². The molecule has 0 atom stereocenters. The Bertz CT molecular complexity index is 685. The Balaban J connectivity index is 2.48. The van der Waals surface area contributed by atoms with Crippen LogP contribution < -0.4 is 4.74 Å². The second kappa shape index (κ2) is 5.39. The van der Waals surface area contributed by atoms with E-state index in [0.717, 1.165) is 24.3 Å². The SMILES string of the molecule is O=[N+]([O-])c1[c]c(C(F)(F)F)c(Oc2ccccc2F)cc1. The maximum absolute atomic E-state index is 13.4. The number of hydrogen-bond donors (Lipinski definition) is 0. The number of rotatable bonds is 3. The molecule has 0 aliphatic heterocycles. The molecule has 0 aliphatic rings. The van der Waals surface area contributed by atoms with E-state index in [1.54, 1.807) is 6.07 Å². The zero-order valence-electron chi connectivity index (χ0n) is 10.1. The van der Waals surface area contributed by atoms with E-state index in [4.69, 9.17) is 4.74 Å². The monoisotopic (exact) mass is 300 g/mol. The van der Waals surface area contributed by atoms with Crippen molar-refractivity contribution in [1.82, 2.24) is 0 Å². The lowest BCUT2D eigenvalue weighted by Gasteiger charge is -2.13. The number of halogens is 4. The maximum Gasteiger partial charge on any atom is 0.420 e. The van der Waals surface area contributed by atoms with Gasteiger partial charge in [-0.2, -0.15) is 13.2 Å². The summed E-state index contributed by atoms with van der Waals surface area (Å²) in [4.78, 5) is 9.50. The number of benzene rings is 2. The fraction of sp³-hybridized carbons (Fsp3) is 0.0769. The van der Waals surface area contributed by atoms with E-state index in [1.807, 2.05) is 0 Å². The van der Waals surface area contributed by atoms with Crippen molar-refractivity contribution in [3.05, 3.63) is 64.0 Å². The van der Waals surface area contributed by atoms with Gasteiger partial charge in [-0.05, 0) is 18.2 Å². The van der Waals surface area contributed by atoms with Crippen LogP contribution in [0.2, 0.25) is 0 Å². The average molecular weight is 300 g/mol. The molecule has 2 aromatic rings. The van der Waals surface area contributed by atoms with Gasteiger partial charge < -0.3 is 4.74 Å². The Hall–Kier alpha value is -2.64. The lowest BCUT2D eigenvalue weighted by molar-refractivity contribution is -0.385. The third-order valence-corrected chi connectivity index (χ3v) is 2.43. The summed E-state index contributed by atoms with van der Waals surface area (Å²) in [5, 5.41) is 10.5. The Morgan fingerprint density at radius 1 is 1.10 bits per heavy atom.